The van der Waals surface area contributed by atoms with E-state index in [1.54, 1.807) is 6.33 Å². The molecule has 1 aromatic rings. The van der Waals surface area contributed by atoms with Gasteiger partial charge in [-0.3, -0.25) is 4.68 Å². The molecule has 0 bridgehead atoms. The van der Waals surface area contributed by atoms with Crippen LogP contribution in [0, 0.1) is 17.8 Å². The number of aryl methyl sites for hydroxylation is 1. The van der Waals surface area contributed by atoms with Crippen molar-refractivity contribution in [2.24, 2.45) is 30.5 Å². The van der Waals surface area contributed by atoms with Gasteiger partial charge in [-0.1, -0.05) is 19.8 Å². The van der Waals surface area contributed by atoms with Crippen LogP contribution in [0.25, 0.3) is 0 Å². The van der Waals surface area contributed by atoms with Gasteiger partial charge >= 0.3 is 0 Å². The van der Waals surface area contributed by atoms with Crippen molar-refractivity contribution in [2.45, 2.75) is 39.0 Å². The van der Waals surface area contributed by atoms with E-state index >= 15 is 0 Å². The fourth-order valence-corrected chi connectivity index (χ4v) is 3.09. The number of aromatic nitrogens is 3. The van der Waals surface area contributed by atoms with E-state index in [0.29, 0.717) is 11.8 Å². The molecule has 96 valence electrons. The molecule has 0 aliphatic heterocycles. The maximum atomic E-state index is 5.90. The van der Waals surface area contributed by atoms with Gasteiger partial charge < -0.3 is 5.73 Å². The first-order valence-electron chi connectivity index (χ1n) is 6.77. The Labute approximate surface area is 104 Å². The molecule has 1 aromatic heterocycles. The second-order valence-corrected chi connectivity index (χ2v) is 5.35. The lowest BCUT2D eigenvalue weighted by Gasteiger charge is -2.35. The van der Waals surface area contributed by atoms with Crippen LogP contribution >= 0.6 is 0 Å². The maximum Gasteiger partial charge on any atom is 0.138 e. The van der Waals surface area contributed by atoms with Crippen LogP contribution in [-0.2, 0) is 13.5 Å². The molecule has 4 nitrogen and oxygen atoms in total. The van der Waals surface area contributed by atoms with Crippen molar-refractivity contribution in [1.82, 2.24) is 14.8 Å². The van der Waals surface area contributed by atoms with Crippen molar-refractivity contribution in [3.05, 3.63) is 12.2 Å². The van der Waals surface area contributed by atoms with Crippen molar-refractivity contribution in [2.75, 3.05) is 6.54 Å². The fraction of sp³-hybridized carbons (Fsp3) is 0.846. The summed E-state index contributed by atoms with van der Waals surface area (Å²) in [4.78, 5) is 4.34. The molecular formula is C13H24N4. The summed E-state index contributed by atoms with van der Waals surface area (Å²) in [7, 11) is 1.97. The van der Waals surface area contributed by atoms with Crippen LogP contribution in [0.1, 0.15) is 38.4 Å². The highest BCUT2D eigenvalue weighted by molar-refractivity contribution is 4.91. The van der Waals surface area contributed by atoms with Crippen LogP contribution in [0.15, 0.2) is 6.33 Å². The van der Waals surface area contributed by atoms with Crippen LogP contribution in [0.4, 0.5) is 0 Å². The molecule has 1 fully saturated rings. The van der Waals surface area contributed by atoms with Gasteiger partial charge in [-0.2, -0.15) is 5.10 Å². The maximum absolute atomic E-state index is 5.90. The zero-order chi connectivity index (χ0) is 12.3. The molecule has 2 rings (SSSR count). The Morgan fingerprint density at radius 1 is 1.41 bits per heavy atom. The summed E-state index contributed by atoms with van der Waals surface area (Å²) in [5.74, 6) is 3.36. The first-order valence-corrected chi connectivity index (χ1v) is 6.77. The van der Waals surface area contributed by atoms with Gasteiger partial charge in [-0.05, 0) is 37.1 Å². The summed E-state index contributed by atoms with van der Waals surface area (Å²) in [5, 5.41) is 4.15. The van der Waals surface area contributed by atoms with Gasteiger partial charge in [-0.25, -0.2) is 4.98 Å². The zero-order valence-electron chi connectivity index (χ0n) is 11.0. The number of hydrogen-bond donors (Lipinski definition) is 1. The Morgan fingerprint density at radius 3 is 2.82 bits per heavy atom. The monoisotopic (exact) mass is 236 g/mol. The standard InChI is InChI=1S/C13H24N4/c1-3-10-4-5-11(8-14)12(6-10)7-13-15-9-16-17(13)2/h9-12H,3-8,14H2,1-2H3. The summed E-state index contributed by atoms with van der Waals surface area (Å²) < 4.78 is 1.89. The molecule has 0 spiro atoms. The van der Waals surface area contributed by atoms with E-state index in [9.17, 15) is 0 Å². The van der Waals surface area contributed by atoms with E-state index in [-0.39, 0.29) is 0 Å². The Balaban J connectivity index is 2.03. The molecule has 1 aliphatic rings. The lowest BCUT2D eigenvalue weighted by Crippen LogP contribution is -2.32. The molecule has 0 radical (unpaired) electrons. The normalized spacial score (nSPS) is 29.5. The van der Waals surface area contributed by atoms with E-state index < -0.39 is 0 Å². The van der Waals surface area contributed by atoms with Crippen LogP contribution in [0.3, 0.4) is 0 Å². The minimum Gasteiger partial charge on any atom is -0.330 e. The van der Waals surface area contributed by atoms with E-state index in [4.69, 9.17) is 5.73 Å². The molecule has 3 unspecified atom stereocenters. The third-order valence-electron chi connectivity index (χ3n) is 4.38. The quantitative estimate of drug-likeness (QED) is 0.866. The molecule has 1 saturated carbocycles. The van der Waals surface area contributed by atoms with Crippen molar-refractivity contribution in [3.63, 3.8) is 0 Å². The molecule has 0 saturated heterocycles. The summed E-state index contributed by atoms with van der Waals surface area (Å²) in [5.41, 5.74) is 5.90. The van der Waals surface area contributed by atoms with Crippen LogP contribution in [0.2, 0.25) is 0 Å². The van der Waals surface area contributed by atoms with Crippen LogP contribution in [-0.4, -0.2) is 21.3 Å². The van der Waals surface area contributed by atoms with Gasteiger partial charge in [0.15, 0.2) is 0 Å². The highest BCUT2D eigenvalue weighted by Gasteiger charge is 2.29. The van der Waals surface area contributed by atoms with Crippen molar-refractivity contribution in [3.8, 4) is 0 Å². The molecule has 17 heavy (non-hydrogen) atoms. The molecular weight excluding hydrogens is 212 g/mol. The lowest BCUT2D eigenvalue weighted by molar-refractivity contribution is 0.176. The largest absolute Gasteiger partial charge is 0.330 e. The summed E-state index contributed by atoms with van der Waals surface area (Å²) in [6.07, 6.45) is 7.94. The molecule has 4 heteroatoms. The Kier molecular flexibility index (Phi) is 4.15. The average molecular weight is 236 g/mol. The first kappa shape index (κ1) is 12.6. The fourth-order valence-electron chi connectivity index (χ4n) is 3.09. The van der Waals surface area contributed by atoms with E-state index in [1.165, 1.54) is 25.7 Å². The van der Waals surface area contributed by atoms with E-state index in [1.807, 2.05) is 11.7 Å². The van der Waals surface area contributed by atoms with Gasteiger partial charge in [0, 0.05) is 13.5 Å². The highest BCUT2D eigenvalue weighted by Crippen LogP contribution is 2.36. The predicted octanol–water partition coefficient (Wildman–Crippen LogP) is 1.76. The minimum atomic E-state index is 0.675. The number of nitrogens with two attached hydrogens (primary N) is 1. The number of rotatable bonds is 4. The molecule has 2 N–H and O–H groups in total. The first-order chi connectivity index (χ1) is 8.24. The SMILES string of the molecule is CCC1CCC(CN)C(Cc2ncnn2C)C1. The third kappa shape index (κ3) is 2.86. The van der Waals surface area contributed by atoms with Crippen molar-refractivity contribution < 1.29 is 0 Å². The molecule has 1 aliphatic carbocycles. The topological polar surface area (TPSA) is 56.7 Å². The summed E-state index contributed by atoms with van der Waals surface area (Å²) >= 11 is 0. The molecule has 0 amide bonds. The van der Waals surface area contributed by atoms with Gasteiger partial charge in [0.25, 0.3) is 0 Å². The Hall–Kier alpha value is -0.900. The number of nitrogens with zero attached hydrogens (tertiary/aromatic N) is 3. The number of hydrogen-bond acceptors (Lipinski definition) is 3. The van der Waals surface area contributed by atoms with Crippen molar-refractivity contribution >= 4 is 0 Å². The Bertz CT molecular complexity index is 347. The van der Waals surface area contributed by atoms with Gasteiger partial charge in [-0.15, -0.1) is 0 Å². The predicted molar refractivity (Wildman–Crippen MR) is 68.4 cm³/mol. The smallest absolute Gasteiger partial charge is 0.138 e. The lowest BCUT2D eigenvalue weighted by atomic mass is 9.72. The van der Waals surface area contributed by atoms with E-state index in [2.05, 4.69) is 17.0 Å². The van der Waals surface area contributed by atoms with Crippen LogP contribution < -0.4 is 5.73 Å². The summed E-state index contributed by atoms with van der Waals surface area (Å²) in [6.45, 7) is 3.12. The molecule has 0 aromatic carbocycles. The van der Waals surface area contributed by atoms with Gasteiger partial charge in [0.2, 0.25) is 0 Å². The van der Waals surface area contributed by atoms with E-state index in [0.717, 1.165) is 24.7 Å². The Morgan fingerprint density at radius 2 is 2.24 bits per heavy atom. The molecule has 3 atom stereocenters. The second-order valence-electron chi connectivity index (χ2n) is 5.35. The third-order valence-corrected chi connectivity index (χ3v) is 4.38. The zero-order valence-corrected chi connectivity index (χ0v) is 11.0. The van der Waals surface area contributed by atoms with Crippen molar-refractivity contribution in [1.29, 1.82) is 0 Å². The van der Waals surface area contributed by atoms with Crippen LogP contribution in [0.5, 0.6) is 0 Å². The highest BCUT2D eigenvalue weighted by atomic mass is 15.3. The second kappa shape index (κ2) is 5.63. The van der Waals surface area contributed by atoms with Gasteiger partial charge in [0.1, 0.15) is 12.2 Å². The summed E-state index contributed by atoms with van der Waals surface area (Å²) in [6, 6.07) is 0. The minimum absolute atomic E-state index is 0.675. The molecule has 1 heterocycles. The van der Waals surface area contributed by atoms with Gasteiger partial charge in [0.05, 0.1) is 0 Å². The average Bonchev–Trinajstić information content (AvgIpc) is 2.75.